The van der Waals surface area contributed by atoms with Crippen molar-refractivity contribution in [3.8, 4) is 5.69 Å². The lowest BCUT2D eigenvalue weighted by atomic mass is 10.1. The second kappa shape index (κ2) is 8.45. The second-order valence-corrected chi connectivity index (χ2v) is 7.65. The predicted octanol–water partition coefficient (Wildman–Crippen LogP) is 4.13. The molecule has 29 heavy (non-hydrogen) atoms. The topological polar surface area (TPSA) is 63.9 Å². The van der Waals surface area contributed by atoms with E-state index in [2.05, 4.69) is 15.1 Å². The molecule has 0 aliphatic heterocycles. The van der Waals surface area contributed by atoms with Crippen LogP contribution in [-0.2, 0) is 4.79 Å². The van der Waals surface area contributed by atoms with E-state index in [-0.39, 0.29) is 11.9 Å². The molecule has 1 atom stereocenters. The fourth-order valence-corrected chi connectivity index (χ4v) is 3.98. The first-order chi connectivity index (χ1) is 14.1. The van der Waals surface area contributed by atoms with E-state index in [4.69, 9.17) is 0 Å². The Hall–Kier alpha value is -3.19. The summed E-state index contributed by atoms with van der Waals surface area (Å²) in [4.78, 5) is 23.3. The third kappa shape index (κ3) is 4.00. The minimum atomic E-state index is 0.00977. The standard InChI is InChI=1S/C22H21N5OS/c1-16(17-9-5-3-6-10-17)26(2)20(28)14-29-22-19-13-25-27(21(19)23-15-24-22)18-11-7-4-8-12-18/h3-13,15-16H,14H2,1-2H3. The average molecular weight is 404 g/mol. The molecule has 1 unspecified atom stereocenters. The summed E-state index contributed by atoms with van der Waals surface area (Å²) in [5.74, 6) is 0.351. The van der Waals surface area contributed by atoms with Gasteiger partial charge in [0.1, 0.15) is 11.4 Å². The van der Waals surface area contributed by atoms with Crippen molar-refractivity contribution >= 4 is 28.7 Å². The summed E-state index contributed by atoms with van der Waals surface area (Å²) in [6, 6.07) is 19.9. The fourth-order valence-electron chi connectivity index (χ4n) is 3.10. The van der Waals surface area contributed by atoms with Crippen molar-refractivity contribution in [1.82, 2.24) is 24.6 Å². The molecule has 0 radical (unpaired) electrons. The number of nitrogens with zero attached hydrogens (tertiary/aromatic N) is 5. The Morgan fingerprint density at radius 3 is 2.48 bits per heavy atom. The van der Waals surface area contributed by atoms with Crippen LogP contribution in [0.25, 0.3) is 16.7 Å². The van der Waals surface area contributed by atoms with E-state index >= 15 is 0 Å². The summed E-state index contributed by atoms with van der Waals surface area (Å²) in [7, 11) is 1.84. The zero-order valence-corrected chi connectivity index (χ0v) is 17.1. The first-order valence-electron chi connectivity index (χ1n) is 9.32. The van der Waals surface area contributed by atoms with Crippen LogP contribution in [0.5, 0.6) is 0 Å². The van der Waals surface area contributed by atoms with Gasteiger partial charge in [-0.05, 0) is 24.6 Å². The highest BCUT2D eigenvalue weighted by Gasteiger charge is 2.19. The smallest absolute Gasteiger partial charge is 0.233 e. The molecule has 4 rings (SSSR count). The van der Waals surface area contributed by atoms with E-state index in [0.717, 1.165) is 27.3 Å². The van der Waals surface area contributed by atoms with Crippen LogP contribution in [-0.4, -0.2) is 43.4 Å². The number of hydrogen-bond acceptors (Lipinski definition) is 5. The molecule has 146 valence electrons. The largest absolute Gasteiger partial charge is 0.338 e. The van der Waals surface area contributed by atoms with Crippen molar-refractivity contribution < 1.29 is 4.79 Å². The molecule has 7 heteroatoms. The lowest BCUT2D eigenvalue weighted by Gasteiger charge is -2.25. The molecule has 0 saturated heterocycles. The van der Waals surface area contributed by atoms with Crippen molar-refractivity contribution in [2.45, 2.75) is 18.0 Å². The molecule has 0 bridgehead atoms. The minimum absolute atomic E-state index is 0.00977. The van der Waals surface area contributed by atoms with Crippen LogP contribution in [0.4, 0.5) is 0 Å². The summed E-state index contributed by atoms with van der Waals surface area (Å²) in [5, 5.41) is 6.06. The van der Waals surface area contributed by atoms with Crippen molar-refractivity contribution in [2.75, 3.05) is 12.8 Å². The number of hydrogen-bond donors (Lipinski definition) is 0. The molecule has 0 N–H and O–H groups in total. The lowest BCUT2D eigenvalue weighted by molar-refractivity contribution is -0.128. The number of rotatable bonds is 6. The third-order valence-corrected chi connectivity index (χ3v) is 5.91. The molecule has 2 heterocycles. The monoisotopic (exact) mass is 403 g/mol. The predicted molar refractivity (Wildman–Crippen MR) is 115 cm³/mol. The van der Waals surface area contributed by atoms with Gasteiger partial charge in [-0.15, -0.1) is 0 Å². The Labute approximate surface area is 173 Å². The second-order valence-electron chi connectivity index (χ2n) is 6.69. The Balaban J connectivity index is 1.50. The number of carbonyl (C=O) groups excluding carboxylic acids is 1. The molecule has 6 nitrogen and oxygen atoms in total. The molecule has 4 aromatic rings. The summed E-state index contributed by atoms with van der Waals surface area (Å²) < 4.78 is 1.78. The van der Waals surface area contributed by atoms with Crippen LogP contribution in [0.3, 0.4) is 0 Å². The maximum atomic E-state index is 12.7. The lowest BCUT2D eigenvalue weighted by Crippen LogP contribution is -2.31. The van der Waals surface area contributed by atoms with Gasteiger partial charge < -0.3 is 4.90 Å². The third-order valence-electron chi connectivity index (χ3n) is 4.92. The summed E-state index contributed by atoms with van der Waals surface area (Å²) in [5.41, 5.74) is 2.78. The van der Waals surface area contributed by atoms with E-state index in [9.17, 15) is 4.79 Å². The molecule has 0 aliphatic carbocycles. The molecular formula is C22H21N5OS. The van der Waals surface area contributed by atoms with Gasteiger partial charge in [-0.3, -0.25) is 4.79 Å². The number of thioether (sulfide) groups is 1. The zero-order valence-electron chi connectivity index (χ0n) is 16.3. The van der Waals surface area contributed by atoms with Crippen molar-refractivity contribution in [3.05, 3.63) is 78.8 Å². The van der Waals surface area contributed by atoms with E-state index < -0.39 is 0 Å². The SMILES string of the molecule is CC(c1ccccc1)N(C)C(=O)CSc1ncnc2c1cnn2-c1ccccc1. The van der Waals surface area contributed by atoms with Crippen LogP contribution >= 0.6 is 11.8 Å². The molecule has 0 saturated carbocycles. The van der Waals surface area contributed by atoms with Crippen LogP contribution in [0.15, 0.2) is 78.2 Å². The van der Waals surface area contributed by atoms with Crippen molar-refractivity contribution in [2.24, 2.45) is 0 Å². The van der Waals surface area contributed by atoms with Crippen LogP contribution < -0.4 is 0 Å². The van der Waals surface area contributed by atoms with Crippen LogP contribution in [0.2, 0.25) is 0 Å². The summed E-state index contributed by atoms with van der Waals surface area (Å²) in [6.45, 7) is 2.03. The molecular weight excluding hydrogens is 382 g/mol. The maximum absolute atomic E-state index is 12.7. The number of amides is 1. The van der Waals surface area contributed by atoms with Crippen molar-refractivity contribution in [1.29, 1.82) is 0 Å². The Morgan fingerprint density at radius 1 is 1.07 bits per heavy atom. The van der Waals surface area contributed by atoms with Crippen LogP contribution in [0.1, 0.15) is 18.5 Å². The molecule has 0 spiro atoms. The summed E-state index contributed by atoms with van der Waals surface area (Å²) in [6.07, 6.45) is 3.28. The normalized spacial score (nSPS) is 12.1. The molecule has 2 aromatic heterocycles. The Kier molecular flexibility index (Phi) is 5.57. The van der Waals surface area contributed by atoms with E-state index in [0.29, 0.717) is 5.75 Å². The van der Waals surface area contributed by atoms with Gasteiger partial charge in [0.2, 0.25) is 5.91 Å². The highest BCUT2D eigenvalue weighted by atomic mass is 32.2. The number of benzene rings is 2. The maximum Gasteiger partial charge on any atom is 0.233 e. The average Bonchev–Trinajstić information content (AvgIpc) is 3.22. The fraction of sp³-hybridized carbons (Fsp3) is 0.182. The van der Waals surface area contributed by atoms with Gasteiger partial charge in [0, 0.05) is 7.05 Å². The van der Waals surface area contributed by atoms with E-state index in [1.807, 2.05) is 74.6 Å². The van der Waals surface area contributed by atoms with Gasteiger partial charge in [-0.1, -0.05) is 60.3 Å². The zero-order chi connectivity index (χ0) is 20.2. The Morgan fingerprint density at radius 2 is 1.76 bits per heavy atom. The van der Waals surface area contributed by atoms with Gasteiger partial charge in [-0.25, -0.2) is 14.6 Å². The molecule has 2 aromatic carbocycles. The van der Waals surface area contributed by atoms with E-state index in [1.54, 1.807) is 15.8 Å². The highest BCUT2D eigenvalue weighted by molar-refractivity contribution is 8.00. The molecule has 0 fully saturated rings. The van der Waals surface area contributed by atoms with Gasteiger partial charge in [0.05, 0.1) is 29.1 Å². The van der Waals surface area contributed by atoms with Gasteiger partial charge >= 0.3 is 0 Å². The number of para-hydroxylation sites is 1. The van der Waals surface area contributed by atoms with Gasteiger partial charge in [0.15, 0.2) is 5.65 Å². The molecule has 0 aliphatic rings. The highest BCUT2D eigenvalue weighted by Crippen LogP contribution is 2.27. The number of aromatic nitrogens is 4. The Bertz CT molecular complexity index is 1110. The first kappa shape index (κ1) is 19.1. The van der Waals surface area contributed by atoms with Crippen LogP contribution in [0, 0.1) is 0 Å². The molecule has 1 amide bonds. The van der Waals surface area contributed by atoms with Crippen molar-refractivity contribution in [3.63, 3.8) is 0 Å². The minimum Gasteiger partial charge on any atom is -0.338 e. The quantitative estimate of drug-likeness (QED) is 0.358. The van der Waals surface area contributed by atoms with Gasteiger partial charge in [-0.2, -0.15) is 5.10 Å². The van der Waals surface area contributed by atoms with Gasteiger partial charge in [0.25, 0.3) is 0 Å². The first-order valence-corrected chi connectivity index (χ1v) is 10.3. The number of fused-ring (bicyclic) bond motifs is 1. The summed E-state index contributed by atoms with van der Waals surface area (Å²) >= 11 is 1.41. The number of carbonyl (C=O) groups is 1. The van der Waals surface area contributed by atoms with E-state index in [1.165, 1.54) is 18.1 Å².